The zero-order valence-electron chi connectivity index (χ0n) is 7.81. The van der Waals surface area contributed by atoms with E-state index in [-0.39, 0.29) is 17.8 Å². The van der Waals surface area contributed by atoms with E-state index in [0.29, 0.717) is 17.5 Å². The Balaban J connectivity index is 2.61. The third kappa shape index (κ3) is 1.24. The van der Waals surface area contributed by atoms with E-state index in [1.807, 2.05) is 0 Å². The molecule has 0 radical (unpaired) electrons. The number of carbonyl (C=O) groups is 1. The molecule has 0 unspecified atom stereocenters. The first-order valence-corrected chi connectivity index (χ1v) is 4.53. The lowest BCUT2D eigenvalue weighted by atomic mass is 10.0. The normalized spacial score (nSPS) is 17.9. The molecule has 0 aliphatic heterocycles. The van der Waals surface area contributed by atoms with Gasteiger partial charge >= 0.3 is 0 Å². The van der Waals surface area contributed by atoms with Crippen LogP contribution in [0.2, 0.25) is 0 Å². The summed E-state index contributed by atoms with van der Waals surface area (Å²) in [6.07, 6.45) is 0.130. The first-order chi connectivity index (χ1) is 6.52. The lowest BCUT2D eigenvalue weighted by Gasteiger charge is -2.10. The van der Waals surface area contributed by atoms with Gasteiger partial charge in [0, 0.05) is 17.5 Å². The predicted octanol–water partition coefficient (Wildman–Crippen LogP) is 2.93. The molecule has 0 fully saturated rings. The Labute approximate surface area is 80.7 Å². The Kier molecular flexibility index (Phi) is 1.91. The number of hydrogen-bond acceptors (Lipinski definition) is 1. The van der Waals surface area contributed by atoms with Gasteiger partial charge < -0.3 is 0 Å². The fourth-order valence-electron chi connectivity index (χ4n) is 1.95. The molecule has 0 N–H and O–H groups in total. The van der Waals surface area contributed by atoms with Crippen LogP contribution < -0.4 is 0 Å². The Morgan fingerprint density at radius 1 is 1.43 bits per heavy atom. The van der Waals surface area contributed by atoms with Crippen LogP contribution in [-0.4, -0.2) is 5.78 Å². The largest absolute Gasteiger partial charge is 0.295 e. The second-order valence-electron chi connectivity index (χ2n) is 3.59. The van der Waals surface area contributed by atoms with Crippen molar-refractivity contribution in [2.24, 2.45) is 0 Å². The SMILES string of the molecule is CC(=O)c1cccc2c1CCC2(F)F. The van der Waals surface area contributed by atoms with E-state index in [1.165, 1.54) is 19.1 Å². The fourth-order valence-corrected chi connectivity index (χ4v) is 1.95. The number of alkyl halides is 2. The first kappa shape index (κ1) is 9.31. The summed E-state index contributed by atoms with van der Waals surface area (Å²) in [4.78, 5) is 11.2. The van der Waals surface area contributed by atoms with Crippen molar-refractivity contribution in [3.63, 3.8) is 0 Å². The summed E-state index contributed by atoms with van der Waals surface area (Å²) in [5.74, 6) is -2.89. The second-order valence-corrected chi connectivity index (χ2v) is 3.59. The highest BCUT2D eigenvalue weighted by atomic mass is 19.3. The number of ketones is 1. The van der Waals surface area contributed by atoms with Gasteiger partial charge in [-0.1, -0.05) is 18.2 Å². The molecule has 1 nitrogen and oxygen atoms in total. The zero-order valence-corrected chi connectivity index (χ0v) is 7.81. The van der Waals surface area contributed by atoms with Crippen molar-refractivity contribution in [2.45, 2.75) is 25.7 Å². The Morgan fingerprint density at radius 3 is 2.79 bits per heavy atom. The van der Waals surface area contributed by atoms with Crippen molar-refractivity contribution >= 4 is 5.78 Å². The molecule has 1 aromatic rings. The van der Waals surface area contributed by atoms with E-state index in [9.17, 15) is 13.6 Å². The summed E-state index contributed by atoms with van der Waals surface area (Å²) in [6.45, 7) is 1.41. The molecule has 0 saturated heterocycles. The summed E-state index contributed by atoms with van der Waals surface area (Å²) in [7, 11) is 0. The Morgan fingerprint density at radius 2 is 2.14 bits per heavy atom. The van der Waals surface area contributed by atoms with E-state index in [0.717, 1.165) is 0 Å². The summed E-state index contributed by atoms with van der Waals surface area (Å²) in [6, 6.07) is 4.55. The molecule has 3 heteroatoms. The number of carbonyl (C=O) groups excluding carboxylic acids is 1. The van der Waals surface area contributed by atoms with Crippen LogP contribution >= 0.6 is 0 Å². The Bertz CT molecular complexity index is 396. The molecule has 0 aromatic heterocycles. The maximum Gasteiger partial charge on any atom is 0.273 e. The highest BCUT2D eigenvalue weighted by molar-refractivity contribution is 5.96. The van der Waals surface area contributed by atoms with Crippen LogP contribution in [-0.2, 0) is 12.3 Å². The topological polar surface area (TPSA) is 17.1 Å². The smallest absolute Gasteiger partial charge is 0.273 e. The molecule has 0 saturated carbocycles. The molecular formula is C11H10F2O. The number of fused-ring (bicyclic) bond motifs is 1. The van der Waals surface area contributed by atoms with Gasteiger partial charge in [-0.3, -0.25) is 4.79 Å². The van der Waals surface area contributed by atoms with Crippen LogP contribution in [0.25, 0.3) is 0 Å². The van der Waals surface area contributed by atoms with E-state index in [4.69, 9.17) is 0 Å². The number of rotatable bonds is 1. The van der Waals surface area contributed by atoms with Crippen molar-refractivity contribution in [2.75, 3.05) is 0 Å². The molecule has 0 bridgehead atoms. The summed E-state index contributed by atoms with van der Waals surface area (Å²) in [5.41, 5.74) is 1.01. The zero-order chi connectivity index (χ0) is 10.3. The van der Waals surface area contributed by atoms with E-state index in [1.54, 1.807) is 6.07 Å². The fraction of sp³-hybridized carbons (Fsp3) is 0.364. The van der Waals surface area contributed by atoms with Crippen molar-refractivity contribution < 1.29 is 13.6 Å². The van der Waals surface area contributed by atoms with E-state index >= 15 is 0 Å². The molecule has 14 heavy (non-hydrogen) atoms. The predicted molar refractivity (Wildman–Crippen MR) is 48.7 cm³/mol. The molecular weight excluding hydrogens is 186 g/mol. The van der Waals surface area contributed by atoms with E-state index < -0.39 is 5.92 Å². The molecule has 0 spiro atoms. The van der Waals surface area contributed by atoms with Crippen LogP contribution in [0.4, 0.5) is 8.78 Å². The minimum absolute atomic E-state index is 0.0326. The average Bonchev–Trinajstić information content (AvgIpc) is 2.42. The lowest BCUT2D eigenvalue weighted by Crippen LogP contribution is -2.08. The van der Waals surface area contributed by atoms with E-state index in [2.05, 4.69) is 0 Å². The lowest BCUT2D eigenvalue weighted by molar-refractivity contribution is -0.00183. The number of halogens is 2. The van der Waals surface area contributed by atoms with Crippen molar-refractivity contribution in [1.29, 1.82) is 0 Å². The van der Waals surface area contributed by atoms with Crippen molar-refractivity contribution in [3.8, 4) is 0 Å². The highest BCUT2D eigenvalue weighted by Gasteiger charge is 2.40. The molecule has 0 heterocycles. The first-order valence-electron chi connectivity index (χ1n) is 4.53. The summed E-state index contributed by atoms with van der Waals surface area (Å²) >= 11 is 0. The molecule has 1 aromatic carbocycles. The summed E-state index contributed by atoms with van der Waals surface area (Å²) in [5, 5.41) is 0. The number of hydrogen-bond donors (Lipinski definition) is 0. The van der Waals surface area contributed by atoms with Crippen LogP contribution in [0.5, 0.6) is 0 Å². The Hall–Kier alpha value is -1.25. The maximum absolute atomic E-state index is 13.3. The van der Waals surface area contributed by atoms with Crippen LogP contribution in [0.3, 0.4) is 0 Å². The standard InChI is InChI=1S/C11H10F2O/c1-7(14)8-3-2-4-10-9(8)5-6-11(10,12)13/h2-4H,5-6H2,1H3. The minimum Gasteiger partial charge on any atom is -0.295 e. The van der Waals surface area contributed by atoms with Gasteiger partial charge in [-0.15, -0.1) is 0 Å². The molecule has 0 amide bonds. The quantitative estimate of drug-likeness (QED) is 0.631. The third-order valence-corrected chi connectivity index (χ3v) is 2.64. The second kappa shape index (κ2) is 2.87. The van der Waals surface area contributed by atoms with Crippen LogP contribution in [0.15, 0.2) is 18.2 Å². The van der Waals surface area contributed by atoms with Gasteiger partial charge in [0.05, 0.1) is 0 Å². The number of Topliss-reactive ketones (excluding diaryl/α,β-unsaturated/α-hetero) is 1. The minimum atomic E-state index is -2.75. The van der Waals surface area contributed by atoms with Gasteiger partial charge in [-0.25, -0.2) is 8.78 Å². The third-order valence-electron chi connectivity index (χ3n) is 2.64. The maximum atomic E-state index is 13.3. The molecule has 74 valence electrons. The van der Waals surface area contributed by atoms with Gasteiger partial charge in [-0.05, 0) is 18.9 Å². The highest BCUT2D eigenvalue weighted by Crippen LogP contribution is 2.42. The van der Waals surface area contributed by atoms with Gasteiger partial charge in [0.1, 0.15) is 0 Å². The molecule has 0 atom stereocenters. The van der Waals surface area contributed by atoms with Gasteiger partial charge in [0.25, 0.3) is 5.92 Å². The van der Waals surface area contributed by atoms with Crippen molar-refractivity contribution in [1.82, 2.24) is 0 Å². The summed E-state index contributed by atoms with van der Waals surface area (Å²) < 4.78 is 26.5. The number of benzene rings is 1. The molecule has 1 aliphatic carbocycles. The van der Waals surface area contributed by atoms with Gasteiger partial charge in [0.15, 0.2) is 5.78 Å². The van der Waals surface area contributed by atoms with Crippen LogP contribution in [0, 0.1) is 0 Å². The molecule has 2 rings (SSSR count). The van der Waals surface area contributed by atoms with Crippen LogP contribution in [0.1, 0.15) is 34.8 Å². The van der Waals surface area contributed by atoms with Gasteiger partial charge in [0.2, 0.25) is 0 Å². The average molecular weight is 196 g/mol. The molecule has 1 aliphatic rings. The van der Waals surface area contributed by atoms with Gasteiger partial charge in [-0.2, -0.15) is 0 Å². The monoisotopic (exact) mass is 196 g/mol. The van der Waals surface area contributed by atoms with Crippen molar-refractivity contribution in [3.05, 3.63) is 34.9 Å².